The second kappa shape index (κ2) is 5.08. The van der Waals surface area contributed by atoms with E-state index in [9.17, 15) is 9.90 Å². The molecule has 0 saturated heterocycles. The highest BCUT2D eigenvalue weighted by molar-refractivity contribution is 5.78. The predicted octanol–water partition coefficient (Wildman–Crippen LogP) is 2.57. The van der Waals surface area contributed by atoms with Gasteiger partial charge in [0.05, 0.1) is 13.5 Å². The lowest BCUT2D eigenvalue weighted by Gasteiger charge is -2.25. The van der Waals surface area contributed by atoms with Crippen LogP contribution < -0.4 is 18.9 Å². The molecule has 1 atom stereocenters. The Hall–Kier alpha value is -2.89. The van der Waals surface area contributed by atoms with Crippen LogP contribution in [0, 0.1) is 0 Å². The Kier molecular flexibility index (Phi) is 3.04. The Morgan fingerprint density at radius 2 is 1.91 bits per heavy atom. The van der Waals surface area contributed by atoms with Crippen LogP contribution in [-0.2, 0) is 4.79 Å². The first-order valence-corrected chi connectivity index (χ1v) is 7.17. The van der Waals surface area contributed by atoms with Gasteiger partial charge in [-0.25, -0.2) is 0 Å². The third-order valence-corrected chi connectivity index (χ3v) is 4.08. The van der Waals surface area contributed by atoms with Crippen molar-refractivity contribution >= 4 is 5.97 Å². The molecule has 2 aliphatic rings. The molecule has 0 aliphatic carbocycles. The first-order valence-electron chi connectivity index (χ1n) is 7.17. The topological polar surface area (TPSA) is 74.2 Å². The van der Waals surface area contributed by atoms with Gasteiger partial charge in [0.25, 0.3) is 0 Å². The second-order valence-electron chi connectivity index (χ2n) is 5.41. The molecule has 4 rings (SSSR count). The lowest BCUT2D eigenvalue weighted by Crippen LogP contribution is -2.21. The van der Waals surface area contributed by atoms with E-state index < -0.39 is 0 Å². The van der Waals surface area contributed by atoms with E-state index in [1.807, 2.05) is 6.07 Å². The van der Waals surface area contributed by atoms with Crippen LogP contribution in [0.2, 0.25) is 0 Å². The van der Waals surface area contributed by atoms with E-state index >= 15 is 0 Å². The molecule has 0 saturated carbocycles. The largest absolute Gasteiger partial charge is 0.504 e. The molecule has 118 valence electrons. The molecule has 0 radical (unpaired) electrons. The van der Waals surface area contributed by atoms with Crippen molar-refractivity contribution in [3.8, 4) is 28.7 Å². The molecule has 2 aromatic carbocycles. The van der Waals surface area contributed by atoms with Crippen LogP contribution in [0.5, 0.6) is 28.7 Å². The number of hydrogen-bond acceptors (Lipinski definition) is 6. The quantitative estimate of drug-likeness (QED) is 0.678. The summed E-state index contributed by atoms with van der Waals surface area (Å²) in [5.74, 6) is 1.59. The Bertz CT molecular complexity index is 798. The van der Waals surface area contributed by atoms with Gasteiger partial charge in [0, 0.05) is 17.5 Å². The van der Waals surface area contributed by atoms with Gasteiger partial charge in [-0.1, -0.05) is 6.07 Å². The smallest absolute Gasteiger partial charge is 0.312 e. The van der Waals surface area contributed by atoms with E-state index in [0.29, 0.717) is 23.0 Å². The molecular formula is C17H14O6. The third kappa shape index (κ3) is 2.23. The lowest BCUT2D eigenvalue weighted by atomic mass is 9.86. The summed E-state index contributed by atoms with van der Waals surface area (Å²) in [5.41, 5.74) is 1.71. The highest BCUT2D eigenvalue weighted by Gasteiger charge is 2.32. The summed E-state index contributed by atoms with van der Waals surface area (Å²) < 4.78 is 21.2. The van der Waals surface area contributed by atoms with Crippen LogP contribution in [0.25, 0.3) is 0 Å². The average Bonchev–Trinajstić information content (AvgIpc) is 3.00. The summed E-state index contributed by atoms with van der Waals surface area (Å²) in [6.45, 7) is 0.157. The fraction of sp³-hybridized carbons (Fsp3) is 0.235. The number of benzene rings is 2. The zero-order valence-electron chi connectivity index (χ0n) is 12.4. The molecule has 0 aromatic heterocycles. The van der Waals surface area contributed by atoms with Crippen LogP contribution >= 0.6 is 0 Å². The van der Waals surface area contributed by atoms with E-state index in [0.717, 1.165) is 11.1 Å². The van der Waals surface area contributed by atoms with Crippen molar-refractivity contribution in [2.75, 3.05) is 13.9 Å². The molecule has 2 aliphatic heterocycles. The van der Waals surface area contributed by atoms with Crippen molar-refractivity contribution < 1.29 is 28.8 Å². The van der Waals surface area contributed by atoms with E-state index in [4.69, 9.17) is 18.9 Å². The number of esters is 1. The van der Waals surface area contributed by atoms with Gasteiger partial charge in [-0.15, -0.1) is 0 Å². The van der Waals surface area contributed by atoms with Gasteiger partial charge in [0.2, 0.25) is 6.79 Å². The number of carbonyl (C=O) groups is 1. The monoisotopic (exact) mass is 314 g/mol. The maximum atomic E-state index is 12.0. The zero-order chi connectivity index (χ0) is 16.0. The van der Waals surface area contributed by atoms with E-state index in [-0.39, 0.29) is 30.9 Å². The van der Waals surface area contributed by atoms with Crippen molar-refractivity contribution in [2.24, 2.45) is 0 Å². The predicted molar refractivity (Wildman–Crippen MR) is 79.3 cm³/mol. The first-order chi connectivity index (χ1) is 11.2. The molecule has 0 bridgehead atoms. The summed E-state index contributed by atoms with van der Waals surface area (Å²) in [5, 5.41) is 9.75. The van der Waals surface area contributed by atoms with E-state index in [1.54, 1.807) is 24.3 Å². The summed E-state index contributed by atoms with van der Waals surface area (Å²) in [6.07, 6.45) is 0.209. The molecule has 1 unspecified atom stereocenters. The first kappa shape index (κ1) is 13.8. The van der Waals surface area contributed by atoms with Crippen molar-refractivity contribution in [3.63, 3.8) is 0 Å². The fourth-order valence-electron chi connectivity index (χ4n) is 2.95. The molecular weight excluding hydrogens is 300 g/mol. The normalized spacial score (nSPS) is 18.3. The Morgan fingerprint density at radius 1 is 1.13 bits per heavy atom. The number of rotatable bonds is 2. The maximum Gasteiger partial charge on any atom is 0.312 e. The summed E-state index contributed by atoms with van der Waals surface area (Å²) in [6, 6.07) is 8.58. The van der Waals surface area contributed by atoms with Crippen LogP contribution in [0.15, 0.2) is 30.3 Å². The summed E-state index contributed by atoms with van der Waals surface area (Å²) in [7, 11) is 1.49. The Balaban J connectivity index is 1.83. The molecule has 1 N–H and O–H groups in total. The van der Waals surface area contributed by atoms with E-state index in [1.165, 1.54) is 7.11 Å². The summed E-state index contributed by atoms with van der Waals surface area (Å²) in [4.78, 5) is 12.0. The average molecular weight is 314 g/mol. The van der Waals surface area contributed by atoms with Gasteiger partial charge >= 0.3 is 5.97 Å². The number of phenolic OH excluding ortho intramolecular Hbond substituents is 1. The van der Waals surface area contributed by atoms with Gasteiger partial charge < -0.3 is 24.1 Å². The van der Waals surface area contributed by atoms with Crippen LogP contribution in [0.3, 0.4) is 0 Å². The molecule has 2 aromatic rings. The van der Waals surface area contributed by atoms with Crippen LogP contribution in [-0.4, -0.2) is 25.0 Å². The van der Waals surface area contributed by atoms with Gasteiger partial charge in [-0.3, -0.25) is 4.79 Å². The molecule has 23 heavy (non-hydrogen) atoms. The van der Waals surface area contributed by atoms with Crippen molar-refractivity contribution in [2.45, 2.75) is 12.3 Å². The second-order valence-corrected chi connectivity index (χ2v) is 5.41. The zero-order valence-corrected chi connectivity index (χ0v) is 12.4. The standard InChI is InChI=1S/C17H14O6/c1-20-14-4-9(2-3-12(14)18)10-6-17(19)23-13-7-16-15(5-11(10)13)21-8-22-16/h2-5,7,10,18H,6,8H2,1H3. The van der Waals surface area contributed by atoms with Crippen molar-refractivity contribution in [3.05, 3.63) is 41.5 Å². The maximum absolute atomic E-state index is 12.0. The molecule has 0 spiro atoms. The van der Waals surface area contributed by atoms with Gasteiger partial charge in [-0.05, 0) is 23.8 Å². The fourth-order valence-corrected chi connectivity index (χ4v) is 2.95. The van der Waals surface area contributed by atoms with Crippen LogP contribution in [0.1, 0.15) is 23.5 Å². The minimum absolute atomic E-state index is 0.0561. The number of ether oxygens (including phenoxy) is 4. The minimum Gasteiger partial charge on any atom is -0.504 e. The number of phenols is 1. The molecule has 6 heteroatoms. The highest BCUT2D eigenvalue weighted by Crippen LogP contribution is 2.46. The SMILES string of the molecule is COc1cc(C2CC(=O)Oc3cc4c(cc32)OCO4)ccc1O. The number of methoxy groups -OCH3 is 1. The van der Waals surface area contributed by atoms with Gasteiger partial charge in [0.15, 0.2) is 23.0 Å². The molecule has 6 nitrogen and oxygen atoms in total. The third-order valence-electron chi connectivity index (χ3n) is 4.08. The lowest BCUT2D eigenvalue weighted by molar-refractivity contribution is -0.135. The number of hydrogen-bond donors (Lipinski definition) is 1. The van der Waals surface area contributed by atoms with Crippen molar-refractivity contribution in [1.82, 2.24) is 0 Å². The number of fused-ring (bicyclic) bond motifs is 2. The number of carbonyl (C=O) groups excluding carboxylic acids is 1. The Labute approximate surface area is 132 Å². The molecule has 2 heterocycles. The van der Waals surface area contributed by atoms with Gasteiger partial charge in [0.1, 0.15) is 5.75 Å². The van der Waals surface area contributed by atoms with Crippen LogP contribution in [0.4, 0.5) is 0 Å². The molecule has 0 amide bonds. The molecule has 0 fully saturated rings. The Morgan fingerprint density at radius 3 is 2.70 bits per heavy atom. The van der Waals surface area contributed by atoms with Gasteiger partial charge in [-0.2, -0.15) is 0 Å². The van der Waals surface area contributed by atoms with Crippen molar-refractivity contribution in [1.29, 1.82) is 0 Å². The van der Waals surface area contributed by atoms with E-state index in [2.05, 4.69) is 0 Å². The number of aromatic hydroxyl groups is 1. The highest BCUT2D eigenvalue weighted by atomic mass is 16.7. The minimum atomic E-state index is -0.312. The summed E-state index contributed by atoms with van der Waals surface area (Å²) >= 11 is 0.